The largest absolute Gasteiger partial charge is 0.480 e. The lowest BCUT2D eigenvalue weighted by Gasteiger charge is -2.18. The number of ether oxygens (including phenoxy) is 1. The van der Waals surface area contributed by atoms with Crippen molar-refractivity contribution in [1.82, 2.24) is 10.6 Å². The molecule has 2 amide bonds. The summed E-state index contributed by atoms with van der Waals surface area (Å²) in [6.07, 6.45) is 0.114. The van der Waals surface area contributed by atoms with Crippen LogP contribution in [0.4, 0.5) is 4.79 Å². The Morgan fingerprint density at radius 2 is 1.62 bits per heavy atom. The van der Waals surface area contributed by atoms with Gasteiger partial charge in [-0.2, -0.15) is 0 Å². The van der Waals surface area contributed by atoms with E-state index in [1.807, 2.05) is 24.3 Å². The van der Waals surface area contributed by atoms with Crippen LogP contribution in [0.5, 0.6) is 0 Å². The third-order valence-electron chi connectivity index (χ3n) is 6.34. The molecule has 0 aromatic heterocycles. The van der Waals surface area contributed by atoms with Crippen LogP contribution in [0.25, 0.3) is 11.1 Å². The topological polar surface area (TPSA) is 105 Å². The number of benzene rings is 2. The summed E-state index contributed by atoms with van der Waals surface area (Å²) in [5.41, 5.74) is 4.65. The van der Waals surface area contributed by atoms with Gasteiger partial charge in [0.2, 0.25) is 5.91 Å². The lowest BCUT2D eigenvalue weighted by molar-refractivity contribution is -0.143. The van der Waals surface area contributed by atoms with Gasteiger partial charge in [0.05, 0.1) is 0 Å². The first-order valence-corrected chi connectivity index (χ1v) is 11.0. The zero-order valence-corrected chi connectivity index (χ0v) is 18.2. The van der Waals surface area contributed by atoms with Gasteiger partial charge in [-0.3, -0.25) is 4.79 Å². The molecule has 0 saturated heterocycles. The highest BCUT2D eigenvalue weighted by Crippen LogP contribution is 2.44. The molecular weight excluding hydrogens is 408 g/mol. The molecule has 0 spiro atoms. The van der Waals surface area contributed by atoms with Crippen LogP contribution in [0, 0.1) is 17.8 Å². The van der Waals surface area contributed by atoms with E-state index in [9.17, 15) is 19.5 Å². The molecule has 2 aromatic carbocycles. The summed E-state index contributed by atoms with van der Waals surface area (Å²) in [6, 6.07) is 15.4. The lowest BCUT2D eigenvalue weighted by Crippen LogP contribution is -2.45. The van der Waals surface area contributed by atoms with Crippen molar-refractivity contribution in [3.8, 4) is 11.1 Å². The highest BCUT2D eigenvalue weighted by molar-refractivity contribution is 5.87. The average molecular weight is 437 g/mol. The van der Waals surface area contributed by atoms with Crippen molar-refractivity contribution >= 4 is 18.0 Å². The van der Waals surface area contributed by atoms with Gasteiger partial charge in [0.15, 0.2) is 0 Å². The quantitative estimate of drug-likeness (QED) is 0.588. The number of hydrogen-bond acceptors (Lipinski definition) is 4. The molecule has 0 aliphatic heterocycles. The summed E-state index contributed by atoms with van der Waals surface area (Å²) < 4.78 is 5.51. The number of aliphatic carboxylic acids is 1. The predicted molar refractivity (Wildman–Crippen MR) is 119 cm³/mol. The number of carbonyl (C=O) groups is 3. The number of nitrogens with one attached hydrogen (secondary N) is 2. The first-order valence-electron chi connectivity index (χ1n) is 11.0. The third-order valence-corrected chi connectivity index (χ3v) is 6.34. The number of alkyl carbamates (subject to hydrolysis) is 1. The van der Waals surface area contributed by atoms with E-state index in [0.29, 0.717) is 13.0 Å². The van der Waals surface area contributed by atoms with Gasteiger partial charge in [-0.05, 0) is 40.5 Å². The molecule has 2 aliphatic carbocycles. The average Bonchev–Trinajstić information content (AvgIpc) is 3.49. The van der Waals surface area contributed by atoms with Gasteiger partial charge in [-0.15, -0.1) is 0 Å². The maximum Gasteiger partial charge on any atom is 0.407 e. The second-order valence-electron chi connectivity index (χ2n) is 8.88. The van der Waals surface area contributed by atoms with Crippen LogP contribution in [0.2, 0.25) is 0 Å². The van der Waals surface area contributed by atoms with Gasteiger partial charge >= 0.3 is 12.1 Å². The Balaban J connectivity index is 1.26. The molecule has 0 heterocycles. The van der Waals surface area contributed by atoms with E-state index < -0.39 is 18.1 Å². The van der Waals surface area contributed by atoms with E-state index in [1.165, 1.54) is 11.1 Å². The van der Waals surface area contributed by atoms with Crippen LogP contribution < -0.4 is 10.6 Å². The van der Waals surface area contributed by atoms with Gasteiger partial charge in [0.1, 0.15) is 12.6 Å². The first kappa shape index (κ1) is 21.9. The highest BCUT2D eigenvalue weighted by Gasteiger charge is 2.44. The number of fused-ring (bicyclic) bond motifs is 3. The predicted octanol–water partition coefficient (Wildman–Crippen LogP) is 3.39. The smallest absolute Gasteiger partial charge is 0.407 e. The zero-order valence-electron chi connectivity index (χ0n) is 18.2. The molecule has 1 fully saturated rings. The van der Waals surface area contributed by atoms with E-state index in [1.54, 1.807) is 13.8 Å². The molecule has 32 heavy (non-hydrogen) atoms. The Labute approximate surface area is 187 Å². The molecule has 2 aliphatic rings. The van der Waals surface area contributed by atoms with Crippen molar-refractivity contribution in [2.75, 3.05) is 13.2 Å². The van der Waals surface area contributed by atoms with Crippen LogP contribution in [-0.2, 0) is 14.3 Å². The Morgan fingerprint density at radius 1 is 1.03 bits per heavy atom. The molecule has 0 bridgehead atoms. The van der Waals surface area contributed by atoms with E-state index in [4.69, 9.17) is 4.74 Å². The molecule has 168 valence electrons. The molecule has 3 N–H and O–H groups in total. The summed E-state index contributed by atoms with van der Waals surface area (Å²) in [5, 5.41) is 14.6. The highest BCUT2D eigenvalue weighted by atomic mass is 16.5. The summed E-state index contributed by atoms with van der Waals surface area (Å²) in [6.45, 7) is 4.07. The van der Waals surface area contributed by atoms with Gasteiger partial charge < -0.3 is 20.5 Å². The van der Waals surface area contributed by atoms with Crippen molar-refractivity contribution in [1.29, 1.82) is 0 Å². The Kier molecular flexibility index (Phi) is 6.17. The van der Waals surface area contributed by atoms with Crippen molar-refractivity contribution in [3.63, 3.8) is 0 Å². The summed E-state index contributed by atoms with van der Waals surface area (Å²) >= 11 is 0. The van der Waals surface area contributed by atoms with E-state index in [2.05, 4.69) is 34.9 Å². The minimum atomic E-state index is -1.04. The number of carboxylic acid groups (broad SMARTS) is 1. The number of hydrogen-bond donors (Lipinski definition) is 3. The number of carbonyl (C=O) groups excluding carboxylic acids is 2. The molecule has 7 heteroatoms. The maximum atomic E-state index is 12.3. The van der Waals surface area contributed by atoms with Crippen LogP contribution in [0.3, 0.4) is 0 Å². The molecule has 2 aromatic rings. The summed E-state index contributed by atoms with van der Waals surface area (Å²) in [7, 11) is 0. The first-order chi connectivity index (χ1) is 15.4. The number of amides is 2. The van der Waals surface area contributed by atoms with Gasteiger partial charge in [-0.1, -0.05) is 62.4 Å². The Hall–Kier alpha value is -3.35. The van der Waals surface area contributed by atoms with E-state index >= 15 is 0 Å². The standard InChI is InChI=1S/C25H28N2O5/c1-14(2)22(24(29)30)27-23(28)20-11-15(20)12-26-25(31)32-13-21-18-9-5-3-7-16(18)17-8-4-6-10-19(17)21/h3-10,14-15,20-22H,11-13H2,1-2H3,(H,26,31)(H,27,28)(H,29,30)/t15?,20?,22-/m0/s1. The van der Waals surface area contributed by atoms with Gasteiger partial charge in [0, 0.05) is 18.4 Å². The van der Waals surface area contributed by atoms with Crippen molar-refractivity contribution < 1.29 is 24.2 Å². The molecule has 4 rings (SSSR count). The van der Waals surface area contributed by atoms with Gasteiger partial charge in [-0.25, -0.2) is 9.59 Å². The monoisotopic (exact) mass is 436 g/mol. The van der Waals surface area contributed by atoms with Gasteiger partial charge in [0.25, 0.3) is 0 Å². The van der Waals surface area contributed by atoms with Crippen LogP contribution in [0.15, 0.2) is 48.5 Å². The van der Waals surface area contributed by atoms with Crippen LogP contribution in [0.1, 0.15) is 37.3 Å². The molecule has 2 unspecified atom stereocenters. The summed E-state index contributed by atoms with van der Waals surface area (Å²) in [4.78, 5) is 35.8. The number of carboxylic acids is 1. The fraction of sp³-hybridized carbons (Fsp3) is 0.400. The Morgan fingerprint density at radius 3 is 2.19 bits per heavy atom. The normalized spacial score (nSPS) is 19.6. The van der Waals surface area contributed by atoms with Crippen molar-refractivity contribution in [2.24, 2.45) is 17.8 Å². The van der Waals surface area contributed by atoms with E-state index in [0.717, 1.165) is 11.1 Å². The molecule has 7 nitrogen and oxygen atoms in total. The third kappa shape index (κ3) is 4.47. The maximum absolute atomic E-state index is 12.3. The number of rotatable bonds is 8. The Bertz CT molecular complexity index is 989. The molecule has 3 atom stereocenters. The van der Waals surface area contributed by atoms with Crippen LogP contribution in [-0.4, -0.2) is 42.3 Å². The molecular formula is C25H28N2O5. The van der Waals surface area contributed by atoms with Crippen molar-refractivity contribution in [2.45, 2.75) is 32.2 Å². The molecule has 1 saturated carbocycles. The van der Waals surface area contributed by atoms with Crippen LogP contribution >= 0.6 is 0 Å². The minimum absolute atomic E-state index is 0.00269. The SMILES string of the molecule is CC(C)[C@H](NC(=O)C1CC1CNC(=O)OCC1c2ccccc2-c2ccccc21)C(=O)O. The molecule has 0 radical (unpaired) electrons. The fourth-order valence-electron chi connectivity index (χ4n) is 4.43. The zero-order chi connectivity index (χ0) is 22.8. The van der Waals surface area contributed by atoms with Crippen molar-refractivity contribution in [3.05, 3.63) is 59.7 Å². The second-order valence-corrected chi connectivity index (χ2v) is 8.88. The second kappa shape index (κ2) is 9.02. The minimum Gasteiger partial charge on any atom is -0.480 e. The lowest BCUT2D eigenvalue weighted by atomic mass is 9.98. The fourth-order valence-corrected chi connectivity index (χ4v) is 4.43. The van der Waals surface area contributed by atoms with E-state index in [-0.39, 0.29) is 36.2 Å². The summed E-state index contributed by atoms with van der Waals surface area (Å²) in [5.74, 6) is -1.79.